The van der Waals surface area contributed by atoms with E-state index in [0.29, 0.717) is 0 Å². The van der Waals surface area contributed by atoms with Crippen LogP contribution >= 0.6 is 11.8 Å². The van der Waals surface area contributed by atoms with E-state index in [-0.39, 0.29) is 5.78 Å². The Morgan fingerprint density at radius 1 is 1.21 bits per heavy atom. The fraction of sp³-hybridized carbons (Fsp3) is 0.400. The van der Waals surface area contributed by atoms with E-state index in [4.69, 9.17) is 4.74 Å². The maximum atomic E-state index is 12.6. The zero-order valence-electron chi connectivity index (χ0n) is 10.8. The van der Waals surface area contributed by atoms with Crippen LogP contribution < -0.4 is 0 Å². The van der Waals surface area contributed by atoms with E-state index in [1.54, 1.807) is 11.8 Å². The van der Waals surface area contributed by atoms with Crippen LogP contribution in [0, 0.1) is 0 Å². The molecule has 0 saturated carbocycles. The average molecular weight is 275 g/mol. The summed E-state index contributed by atoms with van der Waals surface area (Å²) in [5.41, 5.74) is 1.78. The first-order valence-corrected chi connectivity index (χ1v) is 7.62. The van der Waals surface area contributed by atoms with Crippen LogP contribution in [0.1, 0.15) is 16.8 Å². The normalized spacial score (nSPS) is 22.2. The topological polar surface area (TPSA) is 29.5 Å². The number of carbonyl (C=O) groups is 1. The smallest absolute Gasteiger partial charge is 0.191 e. The van der Waals surface area contributed by atoms with Crippen molar-refractivity contribution in [2.24, 2.45) is 0 Å². The molecule has 0 bridgehead atoms. The molecule has 0 atom stereocenters. The number of hydrogen-bond donors (Lipinski definition) is 0. The van der Waals surface area contributed by atoms with Gasteiger partial charge in [-0.2, -0.15) is 0 Å². The Morgan fingerprint density at radius 2 is 2.00 bits per heavy atom. The third kappa shape index (κ3) is 2.85. The summed E-state index contributed by atoms with van der Waals surface area (Å²) >= 11 is 1.77. The molecule has 1 fully saturated rings. The highest BCUT2D eigenvalue weighted by Crippen LogP contribution is 2.31. The summed E-state index contributed by atoms with van der Waals surface area (Å²) in [7, 11) is 0. The van der Waals surface area contributed by atoms with Crippen LogP contribution in [0.2, 0.25) is 0 Å². The van der Waals surface area contributed by atoms with Gasteiger partial charge in [-0.15, -0.1) is 11.8 Å². The average Bonchev–Trinajstić information content (AvgIpc) is 2.61. The van der Waals surface area contributed by atoms with E-state index >= 15 is 0 Å². The number of fused-ring (bicyclic) bond motifs is 1. The van der Waals surface area contributed by atoms with Gasteiger partial charge in [0.05, 0.1) is 13.2 Å². The predicted octanol–water partition coefficient (Wildman–Crippen LogP) is 2.58. The summed E-state index contributed by atoms with van der Waals surface area (Å²) in [6.07, 6.45) is 2.89. The monoisotopic (exact) mass is 275 g/mol. The highest BCUT2D eigenvalue weighted by molar-refractivity contribution is 7.99. The molecule has 19 heavy (non-hydrogen) atoms. The van der Waals surface area contributed by atoms with E-state index in [0.717, 1.165) is 54.5 Å². The van der Waals surface area contributed by atoms with Crippen LogP contribution in [-0.4, -0.2) is 42.7 Å². The molecular formula is C15H17NO2S. The van der Waals surface area contributed by atoms with Crippen molar-refractivity contribution in [3.63, 3.8) is 0 Å². The third-order valence-electron chi connectivity index (χ3n) is 3.44. The minimum atomic E-state index is 0.187. The molecule has 2 aliphatic heterocycles. The molecule has 1 aromatic carbocycles. The van der Waals surface area contributed by atoms with E-state index in [2.05, 4.69) is 4.90 Å². The fourth-order valence-corrected chi connectivity index (χ4v) is 3.42. The summed E-state index contributed by atoms with van der Waals surface area (Å²) < 4.78 is 5.34. The summed E-state index contributed by atoms with van der Waals surface area (Å²) in [6.45, 7) is 3.27. The molecule has 2 heterocycles. The Morgan fingerprint density at radius 3 is 2.84 bits per heavy atom. The second-order valence-electron chi connectivity index (χ2n) is 4.73. The number of rotatable bonds is 1. The van der Waals surface area contributed by atoms with E-state index in [1.807, 2.05) is 30.5 Å². The van der Waals surface area contributed by atoms with Crippen LogP contribution in [0.25, 0.3) is 0 Å². The van der Waals surface area contributed by atoms with Crippen molar-refractivity contribution in [3.05, 3.63) is 41.6 Å². The van der Waals surface area contributed by atoms with Crippen LogP contribution in [0.15, 0.2) is 40.9 Å². The summed E-state index contributed by atoms with van der Waals surface area (Å²) in [4.78, 5) is 15.9. The third-order valence-corrected chi connectivity index (χ3v) is 4.51. The Balaban J connectivity index is 1.86. The molecule has 100 valence electrons. The molecule has 0 N–H and O–H groups in total. The van der Waals surface area contributed by atoms with Crippen LogP contribution in [0.5, 0.6) is 0 Å². The SMILES string of the molecule is O=C1/C(=C/N2CCOCC2)CCSc2ccccc21. The number of Topliss-reactive ketones (excluding diaryl/α,β-unsaturated/α-hetero) is 1. The first-order valence-electron chi connectivity index (χ1n) is 6.63. The molecule has 0 radical (unpaired) electrons. The van der Waals surface area contributed by atoms with Gasteiger partial charge >= 0.3 is 0 Å². The van der Waals surface area contributed by atoms with Crippen molar-refractivity contribution < 1.29 is 9.53 Å². The zero-order chi connectivity index (χ0) is 13.1. The Kier molecular flexibility index (Phi) is 3.89. The molecule has 4 heteroatoms. The van der Waals surface area contributed by atoms with Crippen molar-refractivity contribution in [2.45, 2.75) is 11.3 Å². The molecule has 1 aromatic rings. The van der Waals surface area contributed by atoms with Gasteiger partial charge in [0.25, 0.3) is 0 Å². The van der Waals surface area contributed by atoms with Gasteiger partial charge in [-0.3, -0.25) is 4.79 Å². The van der Waals surface area contributed by atoms with Crippen molar-refractivity contribution in [3.8, 4) is 0 Å². The fourth-order valence-electron chi connectivity index (χ4n) is 2.39. The second kappa shape index (κ2) is 5.80. The molecule has 0 aromatic heterocycles. The number of allylic oxidation sites excluding steroid dienone is 1. The molecule has 0 spiro atoms. The van der Waals surface area contributed by atoms with Crippen LogP contribution in [-0.2, 0) is 4.74 Å². The van der Waals surface area contributed by atoms with E-state index < -0.39 is 0 Å². The molecule has 3 rings (SSSR count). The highest BCUT2D eigenvalue weighted by atomic mass is 32.2. The van der Waals surface area contributed by atoms with E-state index in [1.165, 1.54) is 0 Å². The molecule has 3 nitrogen and oxygen atoms in total. The number of ether oxygens (including phenoxy) is 1. The number of carbonyl (C=O) groups excluding carboxylic acids is 1. The van der Waals surface area contributed by atoms with Gasteiger partial charge in [0, 0.05) is 41.1 Å². The van der Waals surface area contributed by atoms with Gasteiger partial charge in [-0.25, -0.2) is 0 Å². The quantitative estimate of drug-likeness (QED) is 0.737. The number of nitrogens with zero attached hydrogens (tertiary/aromatic N) is 1. The Labute approximate surface area is 117 Å². The molecule has 0 unspecified atom stereocenters. The van der Waals surface area contributed by atoms with Crippen molar-refractivity contribution in [1.82, 2.24) is 4.90 Å². The van der Waals surface area contributed by atoms with Gasteiger partial charge in [-0.1, -0.05) is 12.1 Å². The lowest BCUT2D eigenvalue weighted by Crippen LogP contribution is -2.32. The minimum absolute atomic E-state index is 0.187. The number of thioether (sulfide) groups is 1. The van der Waals surface area contributed by atoms with Gasteiger partial charge in [0.15, 0.2) is 5.78 Å². The van der Waals surface area contributed by atoms with Crippen molar-refractivity contribution >= 4 is 17.5 Å². The van der Waals surface area contributed by atoms with Crippen LogP contribution in [0.3, 0.4) is 0 Å². The van der Waals surface area contributed by atoms with Gasteiger partial charge in [0.2, 0.25) is 0 Å². The Hall–Kier alpha value is -1.26. The summed E-state index contributed by atoms with van der Waals surface area (Å²) in [5, 5.41) is 0. The summed E-state index contributed by atoms with van der Waals surface area (Å²) in [5.74, 6) is 1.16. The molecule has 2 aliphatic rings. The number of morpholine rings is 1. The number of benzene rings is 1. The largest absolute Gasteiger partial charge is 0.378 e. The van der Waals surface area contributed by atoms with Gasteiger partial charge in [0.1, 0.15) is 0 Å². The second-order valence-corrected chi connectivity index (χ2v) is 5.86. The highest BCUT2D eigenvalue weighted by Gasteiger charge is 2.21. The van der Waals surface area contributed by atoms with E-state index in [9.17, 15) is 4.79 Å². The molecular weight excluding hydrogens is 258 g/mol. The molecule has 0 amide bonds. The van der Waals surface area contributed by atoms with Crippen molar-refractivity contribution in [2.75, 3.05) is 32.1 Å². The van der Waals surface area contributed by atoms with Gasteiger partial charge < -0.3 is 9.64 Å². The minimum Gasteiger partial charge on any atom is -0.378 e. The van der Waals surface area contributed by atoms with Crippen LogP contribution in [0.4, 0.5) is 0 Å². The zero-order valence-corrected chi connectivity index (χ0v) is 11.6. The predicted molar refractivity (Wildman–Crippen MR) is 76.6 cm³/mol. The lowest BCUT2D eigenvalue weighted by Gasteiger charge is -2.26. The summed E-state index contributed by atoms with van der Waals surface area (Å²) in [6, 6.07) is 7.91. The number of ketones is 1. The maximum absolute atomic E-state index is 12.6. The lowest BCUT2D eigenvalue weighted by atomic mass is 10.0. The van der Waals surface area contributed by atoms with Gasteiger partial charge in [-0.05, 0) is 18.6 Å². The number of hydrogen-bond acceptors (Lipinski definition) is 4. The molecule has 0 aliphatic carbocycles. The van der Waals surface area contributed by atoms with Crippen molar-refractivity contribution in [1.29, 1.82) is 0 Å². The first-order chi connectivity index (χ1) is 9.34. The first kappa shape index (κ1) is 12.8. The molecule has 1 saturated heterocycles. The lowest BCUT2D eigenvalue weighted by molar-refractivity contribution is 0.0587. The maximum Gasteiger partial charge on any atom is 0.191 e. The standard InChI is InChI=1S/C15H17NO2S/c17-15-12(11-16-6-8-18-9-7-16)5-10-19-14-4-2-1-3-13(14)15/h1-4,11H,5-10H2/b12-11+. The Bertz CT molecular complexity index is 507.